The molecule has 0 radical (unpaired) electrons. The Morgan fingerprint density at radius 2 is 1.58 bits per heavy atom. The summed E-state index contributed by atoms with van der Waals surface area (Å²) in [6.07, 6.45) is 3.27. The number of aliphatic hydroxyl groups is 1. The number of nitrogens with zero attached hydrogens (tertiary/aromatic N) is 8. The van der Waals surface area contributed by atoms with Crippen LogP contribution in [0.5, 0.6) is 5.75 Å². The van der Waals surface area contributed by atoms with Crippen molar-refractivity contribution in [2.24, 2.45) is 0 Å². The van der Waals surface area contributed by atoms with E-state index in [0.717, 1.165) is 49.7 Å². The minimum Gasteiger partial charge on any atom is -0.491 e. The van der Waals surface area contributed by atoms with E-state index in [2.05, 4.69) is 37.1 Å². The fourth-order valence-corrected chi connectivity index (χ4v) is 6.83. The highest BCUT2D eigenvalue weighted by Gasteiger charge is 2.50. The Balaban J connectivity index is 0.941. The molecule has 15 heteroatoms. The van der Waals surface area contributed by atoms with Gasteiger partial charge in [0.15, 0.2) is 6.29 Å². The maximum Gasteiger partial charge on any atom is 0.350 e. The maximum atomic E-state index is 12.8. The highest BCUT2D eigenvalue weighted by molar-refractivity contribution is 6.35. The second kappa shape index (κ2) is 14.4. The zero-order chi connectivity index (χ0) is 34.8. The van der Waals surface area contributed by atoms with Gasteiger partial charge in [-0.05, 0) is 74.0 Å². The summed E-state index contributed by atoms with van der Waals surface area (Å²) in [7, 11) is 0. The van der Waals surface area contributed by atoms with Crippen LogP contribution in [0.15, 0.2) is 90.5 Å². The first-order valence-corrected chi connectivity index (χ1v) is 17.3. The minimum absolute atomic E-state index is 0.0388. The zero-order valence-electron chi connectivity index (χ0n) is 27.7. The standard InChI is InChI=1S/C35H38Cl2N8O5/c1-3-24(2)45-34(47)44(23-40-45)28-7-5-26(6-8-28)41-14-16-42(17-15-41)27-9-11-29(12-10-27)48-19-32-33(46)50-35(49-32,20-43-22-38-21-39-43)30-13-4-25(36)18-31(30)37/h4-13,18,21-24,32-33,46H,3,14-17,19-20H2,1-2H3. The van der Waals surface area contributed by atoms with Crippen molar-refractivity contribution < 1.29 is 19.3 Å². The highest BCUT2D eigenvalue weighted by Crippen LogP contribution is 2.42. The largest absolute Gasteiger partial charge is 0.491 e. The molecular weight excluding hydrogens is 683 g/mol. The van der Waals surface area contributed by atoms with Gasteiger partial charge in [0.1, 0.15) is 44.0 Å². The summed E-state index contributed by atoms with van der Waals surface area (Å²) in [4.78, 5) is 21.5. The third-order valence-electron chi connectivity index (χ3n) is 9.24. The molecule has 262 valence electrons. The van der Waals surface area contributed by atoms with Crippen LogP contribution in [0.3, 0.4) is 0 Å². The molecule has 0 aliphatic carbocycles. The van der Waals surface area contributed by atoms with E-state index in [1.54, 1.807) is 33.8 Å². The van der Waals surface area contributed by atoms with Gasteiger partial charge in [-0.15, -0.1) is 0 Å². The number of anilines is 2. The SMILES string of the molecule is CCC(C)n1ncn(-c2ccc(N3CCN(c4ccc(OCC5OC(Cn6cncn6)(c6ccc(Cl)cc6Cl)OC5O)cc4)CC3)cc2)c1=O. The van der Waals surface area contributed by atoms with E-state index in [4.69, 9.17) is 37.4 Å². The molecule has 1 N–H and O–H groups in total. The predicted molar refractivity (Wildman–Crippen MR) is 189 cm³/mol. The number of piperazine rings is 1. The molecule has 7 rings (SSSR count). The monoisotopic (exact) mass is 720 g/mol. The summed E-state index contributed by atoms with van der Waals surface area (Å²) in [5.74, 6) is -0.802. The van der Waals surface area contributed by atoms with Gasteiger partial charge in [-0.2, -0.15) is 10.2 Å². The summed E-state index contributed by atoms with van der Waals surface area (Å²) in [5, 5.41) is 20.2. The smallest absolute Gasteiger partial charge is 0.350 e. The second-order valence-electron chi connectivity index (χ2n) is 12.4. The Labute approximate surface area is 299 Å². The number of ether oxygens (including phenoxy) is 3. The number of aromatic nitrogens is 6. The second-order valence-corrected chi connectivity index (χ2v) is 13.3. The van der Waals surface area contributed by atoms with Gasteiger partial charge in [0.05, 0.1) is 16.8 Å². The molecule has 0 saturated carbocycles. The van der Waals surface area contributed by atoms with Gasteiger partial charge in [-0.3, -0.25) is 0 Å². The van der Waals surface area contributed by atoms with Gasteiger partial charge in [-0.1, -0.05) is 36.2 Å². The lowest BCUT2D eigenvalue weighted by Crippen LogP contribution is -2.46. The van der Waals surface area contributed by atoms with E-state index >= 15 is 0 Å². The van der Waals surface area contributed by atoms with E-state index in [1.165, 1.54) is 17.3 Å². The molecule has 0 spiro atoms. The van der Waals surface area contributed by atoms with E-state index in [-0.39, 0.29) is 24.9 Å². The number of hydrogen-bond donors (Lipinski definition) is 1. The quantitative estimate of drug-likeness (QED) is 0.202. The highest BCUT2D eigenvalue weighted by atomic mass is 35.5. The average Bonchev–Trinajstić information content (AvgIpc) is 3.86. The summed E-state index contributed by atoms with van der Waals surface area (Å²) in [6, 6.07) is 21.0. The average molecular weight is 722 g/mol. The molecular formula is C35H38Cl2N8O5. The van der Waals surface area contributed by atoms with Crippen molar-refractivity contribution in [2.75, 3.05) is 42.6 Å². The Morgan fingerprint density at radius 3 is 2.20 bits per heavy atom. The van der Waals surface area contributed by atoms with E-state index < -0.39 is 18.2 Å². The van der Waals surface area contributed by atoms with E-state index in [1.807, 2.05) is 50.2 Å². The third-order valence-corrected chi connectivity index (χ3v) is 9.79. The third kappa shape index (κ3) is 6.96. The van der Waals surface area contributed by atoms with Crippen LogP contribution in [0.2, 0.25) is 10.0 Å². The van der Waals surface area contributed by atoms with Crippen LogP contribution in [0, 0.1) is 0 Å². The summed E-state index contributed by atoms with van der Waals surface area (Å²) >= 11 is 12.7. The Morgan fingerprint density at radius 1 is 0.920 bits per heavy atom. The molecule has 5 aromatic rings. The summed E-state index contributed by atoms with van der Waals surface area (Å²) in [5.41, 5.74) is 3.38. The number of rotatable bonds is 11. The molecule has 13 nitrogen and oxygen atoms in total. The fraction of sp³-hybridized carbons (Fsp3) is 0.371. The molecule has 4 unspecified atom stereocenters. The predicted octanol–water partition coefficient (Wildman–Crippen LogP) is 4.90. The van der Waals surface area contributed by atoms with Crippen LogP contribution in [0.1, 0.15) is 31.9 Å². The topological polar surface area (TPSA) is 125 Å². The Hall–Kier alpha value is -4.40. The van der Waals surface area contributed by atoms with Gasteiger partial charge in [0, 0.05) is 48.1 Å². The Kier molecular flexibility index (Phi) is 9.84. The molecule has 2 aromatic heterocycles. The van der Waals surface area contributed by atoms with Gasteiger partial charge in [0.25, 0.3) is 0 Å². The molecule has 4 heterocycles. The van der Waals surface area contributed by atoms with Crippen molar-refractivity contribution in [3.05, 3.63) is 112 Å². The first-order chi connectivity index (χ1) is 24.2. The molecule has 2 aliphatic rings. The van der Waals surface area contributed by atoms with Crippen LogP contribution in [0.25, 0.3) is 5.69 Å². The molecule has 2 aliphatic heterocycles. The lowest BCUT2D eigenvalue weighted by atomic mass is 10.1. The maximum absolute atomic E-state index is 12.8. The normalized spacial score (nSPS) is 21.5. The van der Waals surface area contributed by atoms with Gasteiger partial charge >= 0.3 is 5.69 Å². The Bertz CT molecular complexity index is 1950. The van der Waals surface area contributed by atoms with Crippen molar-refractivity contribution in [1.29, 1.82) is 0 Å². The van der Waals surface area contributed by atoms with Crippen molar-refractivity contribution in [3.8, 4) is 11.4 Å². The zero-order valence-corrected chi connectivity index (χ0v) is 29.2. The number of benzene rings is 3. The van der Waals surface area contributed by atoms with Crippen LogP contribution < -0.4 is 20.2 Å². The number of hydrogen-bond acceptors (Lipinski definition) is 10. The molecule has 2 fully saturated rings. The first-order valence-electron chi connectivity index (χ1n) is 16.5. The van der Waals surface area contributed by atoms with Crippen LogP contribution in [-0.2, 0) is 21.8 Å². The number of halogens is 2. The number of aliphatic hydroxyl groups excluding tert-OH is 1. The van der Waals surface area contributed by atoms with Gasteiger partial charge < -0.3 is 29.1 Å². The van der Waals surface area contributed by atoms with Crippen molar-refractivity contribution >= 4 is 34.6 Å². The van der Waals surface area contributed by atoms with Crippen molar-refractivity contribution in [1.82, 2.24) is 29.1 Å². The van der Waals surface area contributed by atoms with Gasteiger partial charge in [0.2, 0.25) is 5.79 Å². The van der Waals surface area contributed by atoms with Crippen LogP contribution in [0.4, 0.5) is 11.4 Å². The van der Waals surface area contributed by atoms with Crippen LogP contribution >= 0.6 is 23.2 Å². The molecule has 50 heavy (non-hydrogen) atoms. The summed E-state index contributed by atoms with van der Waals surface area (Å²) < 4.78 is 23.1. The van der Waals surface area contributed by atoms with Crippen molar-refractivity contribution in [2.45, 2.75) is 51.0 Å². The van der Waals surface area contributed by atoms with Crippen molar-refractivity contribution in [3.63, 3.8) is 0 Å². The lowest BCUT2D eigenvalue weighted by Gasteiger charge is -2.37. The molecule has 3 aromatic carbocycles. The van der Waals surface area contributed by atoms with Gasteiger partial charge in [-0.25, -0.2) is 23.7 Å². The first kappa shape index (κ1) is 34.1. The molecule has 0 bridgehead atoms. The minimum atomic E-state index is -1.44. The fourth-order valence-electron chi connectivity index (χ4n) is 6.28. The van der Waals surface area contributed by atoms with E-state index in [0.29, 0.717) is 21.4 Å². The molecule has 2 saturated heterocycles. The van der Waals surface area contributed by atoms with E-state index in [9.17, 15) is 9.90 Å². The lowest BCUT2D eigenvalue weighted by molar-refractivity contribution is -0.217. The van der Waals surface area contributed by atoms with Crippen LogP contribution in [-0.4, -0.2) is 79.4 Å². The molecule has 4 atom stereocenters. The molecule has 0 amide bonds. The summed E-state index contributed by atoms with van der Waals surface area (Å²) in [6.45, 7) is 7.58.